The van der Waals surface area contributed by atoms with Crippen LogP contribution in [0.25, 0.3) is 0 Å². The maximum Gasteiger partial charge on any atom is 0.222 e. The Balaban J connectivity index is 3.72. The van der Waals surface area contributed by atoms with Crippen LogP contribution in [0.1, 0.15) is 219 Å². The Kier molecular flexibility index (Phi) is 40.7. The maximum atomic E-state index is 12.4. The highest BCUT2D eigenvalue weighted by Gasteiger charge is 2.20. The molecule has 0 aromatic heterocycles. The number of hydrogen-bond donors (Lipinski definition) is 4. The number of allylic oxidation sites excluding steroid dienone is 7. The van der Waals surface area contributed by atoms with Crippen molar-refractivity contribution in [2.45, 2.75) is 238 Å². The normalized spacial score (nSPS) is 14.0. The first kappa shape index (κ1) is 50.3. The topological polar surface area (TPSA) is 89.8 Å². The van der Waals surface area contributed by atoms with Crippen LogP contribution in [-0.2, 0) is 4.79 Å². The third-order valence-electron chi connectivity index (χ3n) is 10.1. The van der Waals surface area contributed by atoms with Gasteiger partial charge in [-0.3, -0.25) is 4.79 Å². The summed E-state index contributed by atoms with van der Waals surface area (Å²) in [6.45, 7) is 4.17. The lowest BCUT2D eigenvalue weighted by atomic mass is 10.0. The lowest BCUT2D eigenvalue weighted by molar-refractivity contribution is -0.124. The van der Waals surface area contributed by atoms with Crippen LogP contribution >= 0.6 is 0 Å². The van der Waals surface area contributed by atoms with E-state index in [1.165, 1.54) is 154 Å². The third-order valence-corrected chi connectivity index (χ3v) is 10.1. The molecule has 0 rings (SSSR count). The van der Waals surface area contributed by atoms with Gasteiger partial charge in [0.2, 0.25) is 5.91 Å². The highest BCUT2D eigenvalue weighted by atomic mass is 16.3. The summed E-state index contributed by atoms with van der Waals surface area (Å²) in [5, 5.41) is 33.2. The molecular formula is C47H87NO4. The molecule has 4 N–H and O–H groups in total. The Morgan fingerprint density at radius 1 is 0.500 bits per heavy atom. The van der Waals surface area contributed by atoms with E-state index in [-0.39, 0.29) is 18.9 Å². The molecule has 0 aromatic carbocycles. The molecule has 5 nitrogen and oxygen atoms in total. The maximum absolute atomic E-state index is 12.4. The Hall–Kier alpha value is -1.69. The molecular weight excluding hydrogens is 643 g/mol. The molecule has 52 heavy (non-hydrogen) atoms. The van der Waals surface area contributed by atoms with E-state index in [0.717, 1.165) is 38.5 Å². The van der Waals surface area contributed by atoms with Gasteiger partial charge in [-0.25, -0.2) is 0 Å². The van der Waals surface area contributed by atoms with Gasteiger partial charge in [-0.1, -0.05) is 204 Å². The second kappa shape index (κ2) is 42.1. The minimum atomic E-state index is -0.954. The number of carbonyl (C=O) groups excluding carboxylic acids is 1. The zero-order chi connectivity index (χ0) is 38.0. The van der Waals surface area contributed by atoms with Gasteiger partial charge < -0.3 is 20.6 Å². The molecule has 0 saturated carbocycles. The molecule has 3 unspecified atom stereocenters. The van der Waals surface area contributed by atoms with Crippen LogP contribution in [0.2, 0.25) is 0 Å². The van der Waals surface area contributed by atoms with Gasteiger partial charge in [-0.2, -0.15) is 0 Å². The predicted molar refractivity (Wildman–Crippen MR) is 227 cm³/mol. The molecule has 0 spiro atoms. The molecule has 0 aromatic rings. The zero-order valence-electron chi connectivity index (χ0n) is 34.4. The monoisotopic (exact) mass is 730 g/mol. The number of unbranched alkanes of at least 4 members (excludes halogenated alkanes) is 26. The van der Waals surface area contributed by atoms with E-state index in [4.69, 9.17) is 0 Å². The fourth-order valence-corrected chi connectivity index (χ4v) is 6.64. The van der Waals surface area contributed by atoms with Crippen molar-refractivity contribution in [1.82, 2.24) is 5.32 Å². The second-order valence-electron chi connectivity index (χ2n) is 15.3. The lowest BCUT2D eigenvalue weighted by Gasteiger charge is -2.21. The number of carbonyl (C=O) groups is 1. The van der Waals surface area contributed by atoms with Crippen molar-refractivity contribution < 1.29 is 20.1 Å². The van der Waals surface area contributed by atoms with Crippen molar-refractivity contribution in [1.29, 1.82) is 0 Å². The van der Waals surface area contributed by atoms with Crippen LogP contribution in [0, 0.1) is 0 Å². The fourth-order valence-electron chi connectivity index (χ4n) is 6.64. The SMILES string of the molecule is CCCCC/C=C\C=C/CCCCCCCCCCC(O)CC(=O)NC(CO)C(O)/C=C/CC/C=C/CCCCCCCCCCCCCCCC. The molecule has 0 aliphatic rings. The molecule has 3 atom stereocenters. The summed E-state index contributed by atoms with van der Waals surface area (Å²) in [7, 11) is 0. The van der Waals surface area contributed by atoms with Crippen molar-refractivity contribution in [2.24, 2.45) is 0 Å². The van der Waals surface area contributed by atoms with Gasteiger partial charge in [0, 0.05) is 0 Å². The minimum absolute atomic E-state index is 0.000131. The van der Waals surface area contributed by atoms with Crippen LogP contribution in [-0.4, -0.2) is 46.1 Å². The van der Waals surface area contributed by atoms with Crippen molar-refractivity contribution in [2.75, 3.05) is 6.61 Å². The van der Waals surface area contributed by atoms with E-state index in [0.29, 0.717) is 6.42 Å². The number of amides is 1. The minimum Gasteiger partial charge on any atom is -0.394 e. The highest BCUT2D eigenvalue weighted by Crippen LogP contribution is 2.15. The first-order valence-corrected chi connectivity index (χ1v) is 22.4. The summed E-state index contributed by atoms with van der Waals surface area (Å²) in [5.74, 6) is -0.330. The Morgan fingerprint density at radius 2 is 0.885 bits per heavy atom. The summed E-state index contributed by atoms with van der Waals surface area (Å²) < 4.78 is 0. The van der Waals surface area contributed by atoms with Crippen LogP contribution in [0.15, 0.2) is 48.6 Å². The van der Waals surface area contributed by atoms with Crippen molar-refractivity contribution in [3.63, 3.8) is 0 Å². The number of rotatable bonds is 40. The highest BCUT2D eigenvalue weighted by molar-refractivity contribution is 5.76. The molecule has 1 amide bonds. The average Bonchev–Trinajstić information content (AvgIpc) is 3.14. The van der Waals surface area contributed by atoms with Gasteiger partial charge in [0.25, 0.3) is 0 Å². The molecule has 0 fully saturated rings. The molecule has 0 radical (unpaired) electrons. The van der Waals surface area contributed by atoms with E-state index in [2.05, 4.69) is 55.6 Å². The molecule has 0 aliphatic carbocycles. The predicted octanol–water partition coefficient (Wildman–Crippen LogP) is 12.9. The number of aliphatic hydroxyl groups excluding tert-OH is 3. The second-order valence-corrected chi connectivity index (χ2v) is 15.3. The smallest absolute Gasteiger partial charge is 0.222 e. The first-order valence-electron chi connectivity index (χ1n) is 22.4. The molecule has 304 valence electrons. The fraction of sp³-hybridized carbons (Fsp3) is 0.809. The Labute approximate surface area is 323 Å². The van der Waals surface area contributed by atoms with Crippen LogP contribution in [0.3, 0.4) is 0 Å². The third kappa shape index (κ3) is 38.0. The van der Waals surface area contributed by atoms with Gasteiger partial charge in [-0.15, -0.1) is 0 Å². The van der Waals surface area contributed by atoms with Crippen molar-refractivity contribution in [3.8, 4) is 0 Å². The quantitative estimate of drug-likeness (QED) is 0.0287. The number of nitrogens with one attached hydrogen (secondary N) is 1. The van der Waals surface area contributed by atoms with E-state index in [9.17, 15) is 20.1 Å². The van der Waals surface area contributed by atoms with Crippen molar-refractivity contribution >= 4 is 5.91 Å². The van der Waals surface area contributed by atoms with E-state index in [1.807, 2.05) is 6.08 Å². The number of aliphatic hydroxyl groups is 3. The van der Waals surface area contributed by atoms with Crippen LogP contribution in [0.5, 0.6) is 0 Å². The van der Waals surface area contributed by atoms with Gasteiger partial charge in [-0.05, 0) is 57.8 Å². The van der Waals surface area contributed by atoms with Gasteiger partial charge >= 0.3 is 0 Å². The summed E-state index contributed by atoms with van der Waals surface area (Å²) in [6, 6.07) is -0.764. The van der Waals surface area contributed by atoms with Gasteiger partial charge in [0.1, 0.15) is 0 Å². The summed E-state index contributed by atoms with van der Waals surface area (Å²) >= 11 is 0. The molecule has 5 heteroatoms. The standard InChI is InChI=1S/C47H87NO4/c1-3-5-7-9-11-13-15-17-19-21-22-23-25-27-29-31-33-35-37-39-41-46(51)45(43-49)48-47(52)42-44(50)40-38-36-34-32-30-28-26-24-20-18-16-14-12-10-8-6-4-2/h12,14,16,18,31,33,39,41,44-46,49-51H,3-11,13,15,17,19-30,32,34-38,40,42-43H2,1-2H3,(H,48,52)/b14-12-,18-16-,33-31+,41-39+. The zero-order valence-corrected chi connectivity index (χ0v) is 34.4. The van der Waals surface area contributed by atoms with E-state index < -0.39 is 18.2 Å². The van der Waals surface area contributed by atoms with Gasteiger partial charge in [0.15, 0.2) is 0 Å². The average molecular weight is 730 g/mol. The van der Waals surface area contributed by atoms with E-state index >= 15 is 0 Å². The molecule has 0 heterocycles. The first-order chi connectivity index (χ1) is 25.5. The van der Waals surface area contributed by atoms with Crippen LogP contribution in [0.4, 0.5) is 0 Å². The van der Waals surface area contributed by atoms with Gasteiger partial charge in [0.05, 0.1) is 31.3 Å². The largest absolute Gasteiger partial charge is 0.394 e. The summed E-state index contributed by atoms with van der Waals surface area (Å²) in [6.07, 6.45) is 53.9. The Bertz CT molecular complexity index is 850. The summed E-state index contributed by atoms with van der Waals surface area (Å²) in [4.78, 5) is 12.4. The number of hydrogen-bond acceptors (Lipinski definition) is 4. The van der Waals surface area contributed by atoms with Crippen LogP contribution < -0.4 is 5.32 Å². The molecule has 0 aliphatic heterocycles. The Morgan fingerprint density at radius 3 is 1.38 bits per heavy atom. The molecule has 0 bridgehead atoms. The van der Waals surface area contributed by atoms with Crippen molar-refractivity contribution in [3.05, 3.63) is 48.6 Å². The lowest BCUT2D eigenvalue weighted by Crippen LogP contribution is -2.45. The summed E-state index contributed by atoms with van der Waals surface area (Å²) in [5.41, 5.74) is 0. The van der Waals surface area contributed by atoms with E-state index in [1.54, 1.807) is 6.08 Å². The molecule has 0 saturated heterocycles.